The molecule has 1 aliphatic heterocycles. The Labute approximate surface area is 261 Å². The number of ether oxygens (including phenoxy) is 1. The van der Waals surface area contributed by atoms with Crippen LogP contribution < -0.4 is 15.9 Å². The summed E-state index contributed by atoms with van der Waals surface area (Å²) in [6, 6.07) is 53.4. The van der Waals surface area contributed by atoms with Gasteiger partial charge in [-0.2, -0.15) is 0 Å². The Morgan fingerprint density at radius 3 is 1.36 bits per heavy atom. The molecule has 0 fully saturated rings. The van der Waals surface area contributed by atoms with Crippen LogP contribution in [0.2, 0.25) is 0 Å². The second-order valence-electron chi connectivity index (χ2n) is 11.5. The van der Waals surface area contributed by atoms with E-state index in [1.165, 1.54) is 15.9 Å². The van der Waals surface area contributed by atoms with E-state index in [0.717, 1.165) is 16.6 Å². The van der Waals surface area contributed by atoms with Gasteiger partial charge in [0.2, 0.25) is 5.45 Å². The molecule has 0 radical (unpaired) electrons. The van der Waals surface area contributed by atoms with Crippen molar-refractivity contribution in [1.82, 2.24) is 5.01 Å². The molecule has 0 aromatic heterocycles. The third-order valence-corrected chi connectivity index (χ3v) is 13.3. The molecule has 0 N–H and O–H groups in total. The van der Waals surface area contributed by atoms with E-state index in [1.807, 2.05) is 24.1 Å². The summed E-state index contributed by atoms with van der Waals surface area (Å²) < 4.78 is 5.57. The van der Waals surface area contributed by atoms with Crippen LogP contribution in [0.3, 0.4) is 0 Å². The number of hydrogen-bond acceptors (Lipinski definition) is 4. The highest BCUT2D eigenvalue weighted by Crippen LogP contribution is 2.68. The van der Waals surface area contributed by atoms with Crippen molar-refractivity contribution in [1.29, 1.82) is 0 Å². The van der Waals surface area contributed by atoms with Crippen LogP contribution in [-0.2, 0) is 15.1 Å². The van der Waals surface area contributed by atoms with E-state index in [1.54, 1.807) is 0 Å². The number of hydrazone groups is 1. The fourth-order valence-electron chi connectivity index (χ4n) is 7.08. The number of benzene rings is 5. The van der Waals surface area contributed by atoms with Crippen molar-refractivity contribution in [2.75, 3.05) is 13.2 Å². The van der Waals surface area contributed by atoms with Crippen molar-refractivity contribution < 1.29 is 9.53 Å². The predicted octanol–water partition coefficient (Wildman–Crippen LogP) is 7.14. The zero-order valence-electron chi connectivity index (χ0n) is 25.5. The van der Waals surface area contributed by atoms with Gasteiger partial charge in [-0.05, 0) is 68.3 Å². The van der Waals surface area contributed by atoms with Gasteiger partial charge in [0, 0.05) is 0 Å². The van der Waals surface area contributed by atoms with Gasteiger partial charge in [-0.1, -0.05) is 115 Å². The fraction of sp³-hybridized carbons (Fsp3) is 0.179. The molecule has 0 spiro atoms. The first-order valence-corrected chi connectivity index (χ1v) is 17.0. The summed E-state index contributed by atoms with van der Waals surface area (Å²) in [6.45, 7) is 6.79. The summed E-state index contributed by atoms with van der Waals surface area (Å²) in [5.41, 5.74) is 1.81. The topological polar surface area (TPSA) is 41.9 Å². The third kappa shape index (κ3) is 4.66. The zero-order valence-corrected chi connectivity index (χ0v) is 26.4. The van der Waals surface area contributed by atoms with Crippen molar-refractivity contribution in [2.45, 2.75) is 26.3 Å². The molecule has 5 heteroatoms. The van der Waals surface area contributed by atoms with E-state index in [9.17, 15) is 4.79 Å². The molecule has 0 saturated heterocycles. The van der Waals surface area contributed by atoms with Gasteiger partial charge in [-0.25, -0.2) is 0 Å². The van der Waals surface area contributed by atoms with Crippen LogP contribution in [0.4, 0.5) is 0 Å². The first-order chi connectivity index (χ1) is 21.5. The quantitative estimate of drug-likeness (QED) is 0.134. The van der Waals surface area contributed by atoms with Crippen molar-refractivity contribution in [3.63, 3.8) is 0 Å². The highest BCUT2D eigenvalue weighted by molar-refractivity contribution is 8.08. The van der Waals surface area contributed by atoms with Gasteiger partial charge < -0.3 is 4.74 Å². The monoisotopic (exact) mass is 597 g/mol. The fourth-order valence-corrected chi connectivity index (χ4v) is 11.8. The lowest BCUT2D eigenvalue weighted by Gasteiger charge is -2.47. The number of nitrogens with zero attached hydrogens (tertiary/aromatic N) is 2. The molecule has 5 aromatic rings. The molecule has 1 heterocycles. The first-order valence-electron chi connectivity index (χ1n) is 15.2. The number of carbonyl (C=O) groups is 1. The number of hydrogen-bond donors (Lipinski definition) is 0. The SMILES string of the molecule is CCOC(=O)CN1N=C([P+](c2ccccc2)(c2ccccc2)c2ccccc2)C(C)(C)C1(c1ccccc1)c1ccccc1. The van der Waals surface area contributed by atoms with E-state index < -0.39 is 18.2 Å². The molecule has 44 heavy (non-hydrogen) atoms. The van der Waals surface area contributed by atoms with Crippen molar-refractivity contribution in [3.05, 3.63) is 163 Å². The molecule has 0 amide bonds. The number of esters is 1. The molecule has 220 valence electrons. The lowest BCUT2D eigenvalue weighted by Crippen LogP contribution is -2.54. The van der Waals surface area contributed by atoms with E-state index in [0.29, 0.717) is 6.61 Å². The summed E-state index contributed by atoms with van der Waals surface area (Å²) >= 11 is 0. The van der Waals surface area contributed by atoms with E-state index >= 15 is 0 Å². The van der Waals surface area contributed by atoms with E-state index in [4.69, 9.17) is 9.84 Å². The molecular weight excluding hydrogens is 559 g/mol. The highest BCUT2D eigenvalue weighted by atomic mass is 31.2. The Kier molecular flexibility index (Phi) is 8.21. The van der Waals surface area contributed by atoms with Gasteiger partial charge in [0.25, 0.3) is 0 Å². The van der Waals surface area contributed by atoms with Gasteiger partial charge >= 0.3 is 5.97 Å². The van der Waals surface area contributed by atoms with Gasteiger partial charge in [0.05, 0.1) is 12.0 Å². The van der Waals surface area contributed by atoms with Crippen LogP contribution in [0.15, 0.2) is 157 Å². The van der Waals surface area contributed by atoms with Crippen LogP contribution >= 0.6 is 7.26 Å². The second kappa shape index (κ2) is 12.2. The van der Waals surface area contributed by atoms with E-state index in [2.05, 4.69) is 153 Å². The van der Waals surface area contributed by atoms with Crippen LogP contribution in [0, 0.1) is 5.41 Å². The van der Waals surface area contributed by atoms with Gasteiger partial charge in [-0.15, -0.1) is 5.10 Å². The highest BCUT2D eigenvalue weighted by Gasteiger charge is 2.69. The summed E-state index contributed by atoms with van der Waals surface area (Å²) in [7, 11) is -2.58. The van der Waals surface area contributed by atoms with Crippen molar-refractivity contribution in [2.24, 2.45) is 10.5 Å². The number of carbonyl (C=O) groups excluding carboxylic acids is 1. The van der Waals surface area contributed by atoms with Crippen LogP contribution in [0.25, 0.3) is 0 Å². The first kappa shape index (κ1) is 29.5. The Balaban J connectivity index is 1.76. The minimum Gasteiger partial charge on any atom is -0.465 e. The lowest BCUT2D eigenvalue weighted by molar-refractivity contribution is -0.146. The normalized spacial score (nSPS) is 15.4. The predicted molar refractivity (Wildman–Crippen MR) is 183 cm³/mol. The molecular formula is C39H38N2O2P+. The second-order valence-corrected chi connectivity index (χ2v) is 14.8. The molecule has 0 unspecified atom stereocenters. The Bertz CT molecular complexity index is 1590. The molecule has 4 nitrogen and oxygen atoms in total. The maximum absolute atomic E-state index is 13.4. The molecule has 0 aliphatic carbocycles. The van der Waals surface area contributed by atoms with Crippen LogP contribution in [0.5, 0.6) is 0 Å². The average molecular weight is 598 g/mol. The Hall–Kier alpha value is -4.53. The molecule has 0 atom stereocenters. The summed E-state index contributed by atoms with van der Waals surface area (Å²) in [6.07, 6.45) is 0. The lowest BCUT2D eigenvalue weighted by atomic mass is 9.65. The smallest absolute Gasteiger partial charge is 0.327 e. The standard InChI is InChI=1S/C39H38N2O2P/c1-4-43-36(42)30-41-39(31-20-10-5-11-21-31,32-22-12-6-13-23-32)38(2,3)37(40-41)44(33-24-14-7-15-25-33,34-26-16-8-17-27-34)35-28-18-9-19-29-35/h5-29H,4,30H2,1-3H3/q+1. The maximum Gasteiger partial charge on any atom is 0.327 e. The average Bonchev–Trinajstić information content (AvgIpc) is 3.30. The summed E-state index contributed by atoms with van der Waals surface area (Å²) in [5.74, 6) is -0.299. The number of rotatable bonds is 9. The minimum absolute atomic E-state index is 0.0168. The summed E-state index contributed by atoms with van der Waals surface area (Å²) in [4.78, 5) is 13.4. The summed E-state index contributed by atoms with van der Waals surface area (Å²) in [5, 5.41) is 11.4. The maximum atomic E-state index is 13.4. The van der Waals surface area contributed by atoms with E-state index in [-0.39, 0.29) is 12.5 Å². The molecule has 6 rings (SSSR count). The molecule has 0 saturated carbocycles. The Morgan fingerprint density at radius 2 is 1.00 bits per heavy atom. The van der Waals surface area contributed by atoms with Gasteiger partial charge in [0.15, 0.2) is 7.26 Å². The van der Waals surface area contributed by atoms with Crippen LogP contribution in [0.1, 0.15) is 31.9 Å². The third-order valence-electron chi connectivity index (χ3n) is 8.78. The zero-order chi connectivity index (χ0) is 30.6. The Morgan fingerprint density at radius 1 is 0.636 bits per heavy atom. The molecule has 0 bridgehead atoms. The minimum atomic E-state index is -2.58. The van der Waals surface area contributed by atoms with Gasteiger partial charge in [0.1, 0.15) is 28.0 Å². The van der Waals surface area contributed by atoms with Gasteiger partial charge in [-0.3, -0.25) is 9.80 Å². The van der Waals surface area contributed by atoms with Crippen molar-refractivity contribution >= 4 is 34.6 Å². The largest absolute Gasteiger partial charge is 0.465 e. The molecule has 1 aliphatic rings. The van der Waals surface area contributed by atoms with Crippen molar-refractivity contribution in [3.8, 4) is 0 Å². The molecule has 5 aromatic carbocycles. The van der Waals surface area contributed by atoms with Crippen LogP contribution in [-0.4, -0.2) is 29.6 Å².